The summed E-state index contributed by atoms with van der Waals surface area (Å²) in [6.45, 7) is 4.38. The van der Waals surface area contributed by atoms with Gasteiger partial charge in [-0.25, -0.2) is 4.98 Å². The van der Waals surface area contributed by atoms with E-state index in [1.807, 2.05) is 31.7 Å². The molecule has 0 bridgehead atoms. The largest absolute Gasteiger partial charge is 0.380 e. The van der Waals surface area contributed by atoms with Gasteiger partial charge in [0.25, 0.3) is 0 Å². The third-order valence-electron chi connectivity index (χ3n) is 3.05. The van der Waals surface area contributed by atoms with Gasteiger partial charge < -0.3 is 14.4 Å². The molecule has 1 aliphatic rings. The molecule has 78 valence electrons. The van der Waals surface area contributed by atoms with E-state index < -0.39 is 11.2 Å². The first-order valence-electron chi connectivity index (χ1n) is 4.80. The van der Waals surface area contributed by atoms with Crippen LogP contribution in [0.4, 0.5) is 0 Å². The Morgan fingerprint density at radius 1 is 1.57 bits per heavy atom. The summed E-state index contributed by atoms with van der Waals surface area (Å²) in [5.74, 6) is 0. The first-order valence-corrected chi connectivity index (χ1v) is 4.80. The van der Waals surface area contributed by atoms with Crippen LogP contribution in [0, 0.1) is 0 Å². The summed E-state index contributed by atoms with van der Waals surface area (Å²) in [7, 11) is 1.89. The van der Waals surface area contributed by atoms with E-state index in [1.54, 1.807) is 6.33 Å². The molecule has 1 aromatic heterocycles. The minimum Gasteiger partial charge on any atom is -0.380 e. The molecule has 2 heterocycles. The maximum Gasteiger partial charge on any atom is 0.138 e. The molecule has 0 aliphatic carbocycles. The number of aromatic nitrogens is 2. The average Bonchev–Trinajstić information content (AvgIpc) is 2.60. The molecule has 0 spiro atoms. The topological polar surface area (TPSA) is 47.3 Å². The number of hydrogen-bond acceptors (Lipinski definition) is 3. The molecule has 1 aromatic rings. The monoisotopic (exact) mass is 196 g/mol. The molecule has 0 saturated carbocycles. The highest BCUT2D eigenvalue weighted by Crippen LogP contribution is 2.42. The van der Waals surface area contributed by atoms with Crippen molar-refractivity contribution in [1.29, 1.82) is 0 Å². The summed E-state index contributed by atoms with van der Waals surface area (Å²) in [5.41, 5.74) is -0.808. The van der Waals surface area contributed by atoms with Crippen LogP contribution < -0.4 is 0 Å². The lowest BCUT2D eigenvalue weighted by atomic mass is 9.83. The number of aliphatic hydroxyl groups is 1. The van der Waals surface area contributed by atoms with Crippen LogP contribution in [-0.4, -0.2) is 26.9 Å². The van der Waals surface area contributed by atoms with Crippen LogP contribution >= 0.6 is 0 Å². The van der Waals surface area contributed by atoms with Crippen molar-refractivity contribution in [2.75, 3.05) is 6.61 Å². The minimum atomic E-state index is -0.950. The van der Waals surface area contributed by atoms with Crippen molar-refractivity contribution in [3.05, 3.63) is 18.2 Å². The first-order chi connectivity index (χ1) is 6.46. The standard InChI is InChI=1S/C10H16N2O2/c1-9(2)10(13,4-5-14-9)8-6-12(3)7-11-8/h6-7,13H,4-5H2,1-3H3. The zero-order valence-electron chi connectivity index (χ0n) is 8.82. The zero-order valence-corrected chi connectivity index (χ0v) is 8.82. The fourth-order valence-electron chi connectivity index (χ4n) is 1.94. The van der Waals surface area contributed by atoms with Crippen LogP contribution in [0.2, 0.25) is 0 Å². The molecular weight excluding hydrogens is 180 g/mol. The Hall–Kier alpha value is -0.870. The lowest BCUT2D eigenvalue weighted by molar-refractivity contribution is -0.104. The Morgan fingerprint density at radius 3 is 2.71 bits per heavy atom. The third kappa shape index (κ3) is 1.18. The van der Waals surface area contributed by atoms with E-state index in [-0.39, 0.29) is 0 Å². The normalized spacial score (nSPS) is 30.9. The summed E-state index contributed by atoms with van der Waals surface area (Å²) in [6, 6.07) is 0. The van der Waals surface area contributed by atoms with E-state index in [4.69, 9.17) is 4.74 Å². The van der Waals surface area contributed by atoms with Crippen LogP contribution in [-0.2, 0) is 17.4 Å². The van der Waals surface area contributed by atoms with Crippen molar-refractivity contribution in [2.45, 2.75) is 31.5 Å². The van der Waals surface area contributed by atoms with Crippen LogP contribution in [0.5, 0.6) is 0 Å². The Kier molecular flexibility index (Phi) is 1.94. The van der Waals surface area contributed by atoms with Crippen LogP contribution in [0.3, 0.4) is 0 Å². The molecule has 0 amide bonds. The van der Waals surface area contributed by atoms with Gasteiger partial charge in [0.2, 0.25) is 0 Å². The van der Waals surface area contributed by atoms with Crippen LogP contribution in [0.25, 0.3) is 0 Å². The van der Waals surface area contributed by atoms with E-state index in [1.165, 1.54) is 0 Å². The van der Waals surface area contributed by atoms with Gasteiger partial charge in [-0.15, -0.1) is 0 Å². The van der Waals surface area contributed by atoms with E-state index in [2.05, 4.69) is 4.98 Å². The van der Waals surface area contributed by atoms with Crippen molar-refractivity contribution in [2.24, 2.45) is 7.05 Å². The Labute approximate surface area is 83.5 Å². The molecule has 4 nitrogen and oxygen atoms in total. The number of rotatable bonds is 1. The molecule has 1 saturated heterocycles. The van der Waals surface area contributed by atoms with E-state index in [0.29, 0.717) is 18.7 Å². The second-order valence-electron chi connectivity index (χ2n) is 4.39. The predicted octanol–water partition coefficient (Wildman–Crippen LogP) is 0.807. The Bertz CT molecular complexity index is 346. The summed E-state index contributed by atoms with van der Waals surface area (Å²) in [6.07, 6.45) is 4.15. The number of nitrogens with zero attached hydrogens (tertiary/aromatic N) is 2. The third-order valence-corrected chi connectivity index (χ3v) is 3.05. The van der Waals surface area contributed by atoms with E-state index >= 15 is 0 Å². The van der Waals surface area contributed by atoms with Gasteiger partial charge in [-0.05, 0) is 13.8 Å². The molecule has 0 radical (unpaired) electrons. The molecule has 4 heteroatoms. The summed E-state index contributed by atoms with van der Waals surface area (Å²) < 4.78 is 7.36. The van der Waals surface area contributed by atoms with Crippen molar-refractivity contribution < 1.29 is 9.84 Å². The Balaban J connectivity index is 2.41. The maximum atomic E-state index is 10.5. The lowest BCUT2D eigenvalue weighted by Crippen LogP contribution is -2.43. The highest BCUT2D eigenvalue weighted by Gasteiger charge is 2.51. The quantitative estimate of drug-likeness (QED) is 0.723. The second-order valence-corrected chi connectivity index (χ2v) is 4.39. The molecule has 1 unspecified atom stereocenters. The fraction of sp³-hybridized carbons (Fsp3) is 0.700. The zero-order chi connectivity index (χ0) is 10.4. The first kappa shape index (κ1) is 9.68. The molecular formula is C10H16N2O2. The smallest absolute Gasteiger partial charge is 0.138 e. The number of imidazole rings is 1. The lowest BCUT2D eigenvalue weighted by Gasteiger charge is -2.33. The highest BCUT2D eigenvalue weighted by atomic mass is 16.5. The Morgan fingerprint density at radius 2 is 2.29 bits per heavy atom. The molecule has 14 heavy (non-hydrogen) atoms. The van der Waals surface area contributed by atoms with Crippen molar-refractivity contribution in [3.63, 3.8) is 0 Å². The van der Waals surface area contributed by atoms with Gasteiger partial charge in [-0.1, -0.05) is 0 Å². The van der Waals surface area contributed by atoms with Gasteiger partial charge in [0.15, 0.2) is 0 Å². The van der Waals surface area contributed by atoms with Gasteiger partial charge in [0.05, 0.1) is 24.2 Å². The minimum absolute atomic E-state index is 0.554. The molecule has 2 rings (SSSR count). The number of aryl methyl sites for hydroxylation is 1. The maximum absolute atomic E-state index is 10.5. The van der Waals surface area contributed by atoms with Gasteiger partial charge in [-0.3, -0.25) is 0 Å². The fourth-order valence-corrected chi connectivity index (χ4v) is 1.94. The summed E-state index contributed by atoms with van der Waals surface area (Å²) in [5, 5.41) is 10.5. The summed E-state index contributed by atoms with van der Waals surface area (Å²) in [4.78, 5) is 4.20. The van der Waals surface area contributed by atoms with E-state index in [0.717, 1.165) is 0 Å². The van der Waals surface area contributed by atoms with Crippen LogP contribution in [0.15, 0.2) is 12.5 Å². The highest BCUT2D eigenvalue weighted by molar-refractivity contribution is 5.17. The van der Waals surface area contributed by atoms with Crippen LogP contribution in [0.1, 0.15) is 26.0 Å². The van der Waals surface area contributed by atoms with Gasteiger partial charge in [0, 0.05) is 19.7 Å². The molecule has 1 fully saturated rings. The van der Waals surface area contributed by atoms with Crippen molar-refractivity contribution in [3.8, 4) is 0 Å². The molecule has 1 atom stereocenters. The molecule has 1 aliphatic heterocycles. The van der Waals surface area contributed by atoms with Crippen molar-refractivity contribution in [1.82, 2.24) is 9.55 Å². The van der Waals surface area contributed by atoms with Gasteiger partial charge >= 0.3 is 0 Å². The average molecular weight is 196 g/mol. The predicted molar refractivity (Wildman–Crippen MR) is 51.8 cm³/mol. The van der Waals surface area contributed by atoms with Gasteiger partial charge in [-0.2, -0.15) is 0 Å². The molecule has 0 aromatic carbocycles. The van der Waals surface area contributed by atoms with Crippen molar-refractivity contribution >= 4 is 0 Å². The van der Waals surface area contributed by atoms with Gasteiger partial charge in [0.1, 0.15) is 5.60 Å². The molecule has 1 N–H and O–H groups in total. The summed E-state index contributed by atoms with van der Waals surface area (Å²) >= 11 is 0. The SMILES string of the molecule is Cn1cnc(C2(O)CCOC2(C)C)c1. The second kappa shape index (κ2) is 2.81. The van der Waals surface area contributed by atoms with E-state index in [9.17, 15) is 5.11 Å². The number of hydrogen-bond donors (Lipinski definition) is 1. The number of ether oxygens (including phenoxy) is 1.